The Morgan fingerprint density at radius 2 is 1.64 bits per heavy atom. The van der Waals surface area contributed by atoms with E-state index in [4.69, 9.17) is 9.16 Å². The molecule has 1 fully saturated rings. The van der Waals surface area contributed by atoms with Crippen molar-refractivity contribution in [3.8, 4) is 0 Å². The van der Waals surface area contributed by atoms with Crippen LogP contribution in [0.1, 0.15) is 18.4 Å². The molecule has 5 heteroatoms. The molecule has 3 rings (SSSR count). The number of ether oxygens (including phenoxy) is 1. The van der Waals surface area contributed by atoms with Crippen molar-refractivity contribution >= 4 is 14.0 Å². The highest BCUT2D eigenvalue weighted by atomic mass is 28.4. The Morgan fingerprint density at radius 1 is 1.04 bits per heavy atom. The van der Waals surface area contributed by atoms with Gasteiger partial charge in [-0.2, -0.15) is 0 Å². The maximum absolute atomic E-state index is 13.2. The summed E-state index contributed by atoms with van der Waals surface area (Å²) in [6, 6.07) is 19.4. The normalized spacial score (nSPS) is 23.1. The largest absolute Gasteiger partial charge is 0.363 e. The van der Waals surface area contributed by atoms with Gasteiger partial charge in [-0.25, -0.2) is 0 Å². The van der Waals surface area contributed by atoms with E-state index in [1.807, 2.05) is 60.7 Å². The van der Waals surface area contributed by atoms with E-state index in [0.29, 0.717) is 18.7 Å². The number of benzene rings is 2. The first-order chi connectivity index (χ1) is 11.9. The van der Waals surface area contributed by atoms with Crippen LogP contribution in [0.4, 0.5) is 5.69 Å². The Balaban J connectivity index is 1.81. The van der Waals surface area contributed by atoms with Gasteiger partial charge in [0, 0.05) is 23.5 Å². The molecule has 0 amide bonds. The SMILES string of the molecule is C[Si](C)(C)OC1([N+](=O)c2ccccc2)CCC1OCc1ccccc1. The molecule has 1 saturated carbocycles. The molecule has 2 aromatic carbocycles. The number of hydrogen-bond acceptors (Lipinski definition) is 3. The van der Waals surface area contributed by atoms with Gasteiger partial charge in [-0.1, -0.05) is 48.5 Å². The van der Waals surface area contributed by atoms with E-state index < -0.39 is 14.0 Å². The molecule has 0 aliphatic heterocycles. The first kappa shape index (κ1) is 18.0. The zero-order valence-electron chi connectivity index (χ0n) is 15.1. The molecule has 2 unspecified atom stereocenters. The van der Waals surface area contributed by atoms with Crippen molar-refractivity contribution in [1.82, 2.24) is 0 Å². The maximum Gasteiger partial charge on any atom is 0.338 e. The van der Waals surface area contributed by atoms with E-state index in [1.165, 1.54) is 0 Å². The monoisotopic (exact) mass is 356 g/mol. The molecule has 0 heterocycles. The summed E-state index contributed by atoms with van der Waals surface area (Å²) in [4.78, 5) is 13.2. The predicted molar refractivity (Wildman–Crippen MR) is 101 cm³/mol. The van der Waals surface area contributed by atoms with Gasteiger partial charge in [0.25, 0.3) is 5.69 Å². The second-order valence-corrected chi connectivity index (χ2v) is 11.9. The van der Waals surface area contributed by atoms with Crippen LogP contribution in [0.15, 0.2) is 60.7 Å². The van der Waals surface area contributed by atoms with Gasteiger partial charge in [0.15, 0.2) is 14.4 Å². The van der Waals surface area contributed by atoms with Crippen LogP contribution in [-0.2, 0) is 15.8 Å². The fourth-order valence-electron chi connectivity index (χ4n) is 3.20. The van der Waals surface area contributed by atoms with Crippen molar-refractivity contribution in [2.24, 2.45) is 0 Å². The smallest absolute Gasteiger partial charge is 0.338 e. The van der Waals surface area contributed by atoms with Crippen molar-refractivity contribution in [3.05, 3.63) is 71.1 Å². The minimum atomic E-state index is -1.93. The second-order valence-electron chi connectivity index (χ2n) is 7.51. The summed E-state index contributed by atoms with van der Waals surface area (Å²) >= 11 is 0. The van der Waals surface area contributed by atoms with Crippen molar-refractivity contribution in [2.45, 2.75) is 50.9 Å². The maximum atomic E-state index is 13.2. The highest BCUT2D eigenvalue weighted by Gasteiger charge is 2.64. The van der Waals surface area contributed by atoms with E-state index in [9.17, 15) is 4.91 Å². The molecule has 4 nitrogen and oxygen atoms in total. The predicted octanol–water partition coefficient (Wildman–Crippen LogP) is 5.02. The van der Waals surface area contributed by atoms with Gasteiger partial charge in [-0.05, 0) is 31.6 Å². The minimum Gasteiger partial charge on any atom is -0.363 e. The molecule has 2 aromatic rings. The molecule has 0 radical (unpaired) electrons. The van der Waals surface area contributed by atoms with Crippen molar-refractivity contribution in [3.63, 3.8) is 0 Å². The number of rotatable bonds is 7. The van der Waals surface area contributed by atoms with E-state index in [0.717, 1.165) is 16.7 Å². The van der Waals surface area contributed by atoms with E-state index >= 15 is 0 Å². The van der Waals surface area contributed by atoms with Crippen LogP contribution in [-0.4, -0.2) is 24.9 Å². The Hall–Kier alpha value is -1.82. The molecule has 2 atom stereocenters. The number of nitroso groups, excluding NO2 is 1. The molecule has 0 aromatic heterocycles. The zero-order valence-corrected chi connectivity index (χ0v) is 16.1. The van der Waals surface area contributed by atoms with Gasteiger partial charge < -0.3 is 9.16 Å². The van der Waals surface area contributed by atoms with E-state index in [-0.39, 0.29) is 6.10 Å². The number of para-hydroxylation sites is 1. The molecular weight excluding hydrogens is 330 g/mol. The molecule has 132 valence electrons. The van der Waals surface area contributed by atoms with Crippen LogP contribution in [0.2, 0.25) is 19.6 Å². The van der Waals surface area contributed by atoms with Gasteiger partial charge in [-0.15, -0.1) is 0 Å². The Kier molecular flexibility index (Phi) is 5.18. The van der Waals surface area contributed by atoms with Crippen LogP contribution in [0.25, 0.3) is 0 Å². The fraction of sp³-hybridized carbons (Fsp3) is 0.400. The Morgan fingerprint density at radius 3 is 2.16 bits per heavy atom. The summed E-state index contributed by atoms with van der Waals surface area (Å²) in [7, 11) is -1.93. The summed E-state index contributed by atoms with van der Waals surface area (Å²) < 4.78 is 13.6. The topological polar surface area (TPSA) is 38.5 Å². The Bertz CT molecular complexity index is 715. The third kappa shape index (κ3) is 4.06. The molecule has 0 N–H and O–H groups in total. The third-order valence-corrected chi connectivity index (χ3v) is 5.35. The molecule has 1 aliphatic carbocycles. The van der Waals surface area contributed by atoms with Crippen LogP contribution in [0.3, 0.4) is 0 Å². The lowest BCUT2D eigenvalue weighted by Gasteiger charge is -2.43. The highest BCUT2D eigenvalue weighted by Crippen LogP contribution is 2.44. The molecule has 1 aliphatic rings. The summed E-state index contributed by atoms with van der Waals surface area (Å²) in [5.74, 6) is 0. The van der Waals surface area contributed by atoms with Gasteiger partial charge >= 0.3 is 5.72 Å². The summed E-state index contributed by atoms with van der Waals surface area (Å²) in [5, 5.41) is 0. The minimum absolute atomic E-state index is 0.225. The molecule has 0 saturated heterocycles. The van der Waals surface area contributed by atoms with E-state index in [1.54, 1.807) is 0 Å². The lowest BCUT2D eigenvalue weighted by Crippen LogP contribution is -2.63. The van der Waals surface area contributed by atoms with E-state index in [2.05, 4.69) is 19.6 Å². The first-order valence-corrected chi connectivity index (χ1v) is 12.2. The number of hydrogen-bond donors (Lipinski definition) is 0. The van der Waals surface area contributed by atoms with Crippen LogP contribution in [0, 0.1) is 4.91 Å². The highest BCUT2D eigenvalue weighted by molar-refractivity contribution is 6.69. The van der Waals surface area contributed by atoms with Gasteiger partial charge in [0.05, 0.1) is 11.4 Å². The van der Waals surface area contributed by atoms with Crippen molar-refractivity contribution < 1.29 is 13.9 Å². The summed E-state index contributed by atoms with van der Waals surface area (Å²) in [6.45, 7) is 6.82. The average molecular weight is 357 g/mol. The first-order valence-electron chi connectivity index (χ1n) is 8.79. The van der Waals surface area contributed by atoms with Crippen LogP contribution in [0.5, 0.6) is 0 Å². The quantitative estimate of drug-likeness (QED) is 0.397. The lowest BCUT2D eigenvalue weighted by molar-refractivity contribution is -0.639. The van der Waals surface area contributed by atoms with Crippen LogP contribution < -0.4 is 0 Å². The molecular formula is C20H26NO3Si+. The molecule has 0 bridgehead atoms. The number of nitrogens with zero attached hydrogens (tertiary/aromatic N) is 1. The molecule has 25 heavy (non-hydrogen) atoms. The van der Waals surface area contributed by atoms with Crippen molar-refractivity contribution in [2.75, 3.05) is 0 Å². The second kappa shape index (κ2) is 7.20. The van der Waals surface area contributed by atoms with Crippen LogP contribution >= 0.6 is 0 Å². The van der Waals surface area contributed by atoms with Gasteiger partial charge in [0.1, 0.15) is 0 Å². The van der Waals surface area contributed by atoms with Crippen molar-refractivity contribution in [1.29, 1.82) is 0 Å². The molecule has 0 spiro atoms. The summed E-state index contributed by atoms with van der Waals surface area (Å²) in [6.07, 6.45) is 1.30. The third-order valence-electron chi connectivity index (χ3n) is 4.38. The van der Waals surface area contributed by atoms with Gasteiger partial charge in [0.2, 0.25) is 0 Å². The summed E-state index contributed by atoms with van der Waals surface area (Å²) in [5.41, 5.74) is 0.808. The zero-order chi connectivity index (χ0) is 17.9. The fourth-order valence-corrected chi connectivity index (χ4v) is 4.57. The lowest BCUT2D eigenvalue weighted by atomic mass is 9.83. The van der Waals surface area contributed by atoms with Gasteiger partial charge in [-0.3, -0.25) is 0 Å². The standard InChI is InChI=1S/C20H26NO3Si/c1-25(2,3)24-20(21(22)18-12-8-5-9-13-18)15-14-19(20)23-16-17-10-6-4-7-11-17/h4-13,19H,14-16H2,1-3H3/q+1. The Labute approximate surface area is 150 Å². The average Bonchev–Trinajstić information content (AvgIpc) is 2.59.